The summed E-state index contributed by atoms with van der Waals surface area (Å²) >= 11 is 0. The van der Waals surface area contributed by atoms with Gasteiger partial charge in [0, 0.05) is 29.3 Å². The van der Waals surface area contributed by atoms with Gasteiger partial charge < -0.3 is 14.2 Å². The number of hydrogen-bond donors (Lipinski definition) is 1. The standard InChI is InChI=1S/C30H24N4O3/c1-19-25-6-4-5-15-34(25)26(28(19)21-10-7-20(8-11-21)9-14-27(35)36)13-12-24-23(18-33)29(22(16-31)17-32)37-30(24,2)3/h4-8,10-13,15H,9,14H2,1-3H3,(H,35,36)/b13-12+. The van der Waals surface area contributed by atoms with E-state index >= 15 is 0 Å². The third-order valence-corrected chi connectivity index (χ3v) is 6.48. The lowest BCUT2D eigenvalue weighted by Crippen LogP contribution is -2.20. The molecule has 7 nitrogen and oxygen atoms in total. The summed E-state index contributed by atoms with van der Waals surface area (Å²) in [6, 6.07) is 19.6. The van der Waals surface area contributed by atoms with Crippen LogP contribution >= 0.6 is 0 Å². The molecule has 7 heteroatoms. The average molecular weight is 489 g/mol. The van der Waals surface area contributed by atoms with Crippen LogP contribution in [0.4, 0.5) is 0 Å². The Kier molecular flexibility index (Phi) is 6.70. The maximum atomic E-state index is 10.9. The predicted molar refractivity (Wildman–Crippen MR) is 139 cm³/mol. The van der Waals surface area contributed by atoms with Crippen LogP contribution in [0.3, 0.4) is 0 Å². The quantitative estimate of drug-likeness (QED) is 0.433. The van der Waals surface area contributed by atoms with Crippen LogP contribution in [0.5, 0.6) is 0 Å². The van der Waals surface area contributed by atoms with Crippen molar-refractivity contribution in [1.29, 1.82) is 15.8 Å². The highest BCUT2D eigenvalue weighted by molar-refractivity contribution is 5.85. The Hall–Kier alpha value is -5.06. The number of nitriles is 3. The minimum absolute atomic E-state index is 0.00511. The van der Waals surface area contributed by atoms with E-state index in [1.165, 1.54) is 0 Å². The number of aryl methyl sites for hydroxylation is 2. The van der Waals surface area contributed by atoms with Crippen molar-refractivity contribution in [3.63, 3.8) is 0 Å². The summed E-state index contributed by atoms with van der Waals surface area (Å²) in [4.78, 5) is 10.9. The number of fused-ring (bicyclic) bond motifs is 1. The SMILES string of the molecule is Cc1c(-c2ccc(CCC(=O)O)cc2)c(/C=C/C2=C(C#N)C(=C(C#N)C#N)OC2(C)C)n2ccccc12. The first-order valence-corrected chi connectivity index (χ1v) is 11.7. The summed E-state index contributed by atoms with van der Waals surface area (Å²) in [6.45, 7) is 5.64. The fourth-order valence-corrected chi connectivity index (χ4v) is 4.66. The smallest absolute Gasteiger partial charge is 0.303 e. The number of aliphatic carboxylic acids is 1. The van der Waals surface area contributed by atoms with E-state index in [4.69, 9.17) is 9.84 Å². The first kappa shape index (κ1) is 25.0. The molecule has 0 saturated carbocycles. The number of pyridine rings is 1. The molecule has 0 spiro atoms. The van der Waals surface area contributed by atoms with Crippen molar-refractivity contribution in [2.24, 2.45) is 0 Å². The number of ether oxygens (including phenoxy) is 1. The third-order valence-electron chi connectivity index (χ3n) is 6.48. The number of aromatic nitrogens is 1. The Labute approximate surface area is 215 Å². The molecule has 0 aliphatic carbocycles. The molecule has 0 amide bonds. The summed E-state index contributed by atoms with van der Waals surface area (Å²) in [7, 11) is 0. The van der Waals surface area contributed by atoms with E-state index in [9.17, 15) is 20.6 Å². The first-order chi connectivity index (χ1) is 17.7. The predicted octanol–water partition coefficient (Wildman–Crippen LogP) is 5.88. The maximum Gasteiger partial charge on any atom is 0.303 e. The normalized spacial score (nSPS) is 14.3. The molecule has 0 unspecified atom stereocenters. The van der Waals surface area contributed by atoms with Crippen molar-refractivity contribution in [2.75, 3.05) is 0 Å². The number of rotatable bonds is 6. The third kappa shape index (κ3) is 4.61. The lowest BCUT2D eigenvalue weighted by molar-refractivity contribution is -0.136. The van der Waals surface area contributed by atoms with Crippen molar-refractivity contribution in [1.82, 2.24) is 4.40 Å². The summed E-state index contributed by atoms with van der Waals surface area (Å²) < 4.78 is 7.97. The number of benzene rings is 1. The van der Waals surface area contributed by atoms with Crippen LogP contribution in [-0.2, 0) is 16.0 Å². The van der Waals surface area contributed by atoms with Crippen LogP contribution in [0.1, 0.15) is 37.1 Å². The second-order valence-corrected chi connectivity index (χ2v) is 9.21. The molecule has 1 aromatic carbocycles. The van der Waals surface area contributed by atoms with Crippen LogP contribution in [0, 0.1) is 40.9 Å². The van der Waals surface area contributed by atoms with Gasteiger partial charge in [-0.3, -0.25) is 4.79 Å². The number of allylic oxidation sites excluding steroid dienone is 2. The second kappa shape index (κ2) is 9.90. The number of carboxylic acids is 1. The highest BCUT2D eigenvalue weighted by Gasteiger charge is 2.38. The topological polar surface area (TPSA) is 122 Å². The Morgan fingerprint density at radius 1 is 1.08 bits per heavy atom. The van der Waals surface area contributed by atoms with Gasteiger partial charge in [-0.25, -0.2) is 0 Å². The van der Waals surface area contributed by atoms with E-state index in [1.54, 1.807) is 13.8 Å². The van der Waals surface area contributed by atoms with E-state index in [-0.39, 0.29) is 23.3 Å². The Morgan fingerprint density at radius 2 is 1.78 bits per heavy atom. The number of carbonyl (C=O) groups is 1. The van der Waals surface area contributed by atoms with Gasteiger partial charge in [-0.1, -0.05) is 36.4 Å². The molecule has 0 atom stereocenters. The highest BCUT2D eigenvalue weighted by atomic mass is 16.5. The zero-order valence-electron chi connectivity index (χ0n) is 20.7. The van der Waals surface area contributed by atoms with Crippen LogP contribution in [0.25, 0.3) is 22.7 Å². The van der Waals surface area contributed by atoms with Gasteiger partial charge in [0.2, 0.25) is 0 Å². The Morgan fingerprint density at radius 3 is 2.41 bits per heavy atom. The molecule has 1 aliphatic rings. The van der Waals surface area contributed by atoms with E-state index < -0.39 is 11.6 Å². The molecule has 2 aromatic heterocycles. The fourth-order valence-electron chi connectivity index (χ4n) is 4.66. The summed E-state index contributed by atoms with van der Waals surface area (Å²) in [6.07, 6.45) is 6.25. The van der Waals surface area contributed by atoms with Gasteiger partial charge >= 0.3 is 5.97 Å². The average Bonchev–Trinajstić information content (AvgIpc) is 3.31. The minimum atomic E-state index is -0.913. The molecular formula is C30H24N4O3. The summed E-state index contributed by atoms with van der Waals surface area (Å²) in [5.74, 6) is -0.823. The fraction of sp³-hybridized carbons (Fsp3) is 0.200. The molecule has 0 bridgehead atoms. The van der Waals surface area contributed by atoms with Gasteiger partial charge in [0.15, 0.2) is 11.3 Å². The zero-order chi connectivity index (χ0) is 26.7. The maximum absolute atomic E-state index is 10.9. The molecular weight excluding hydrogens is 464 g/mol. The van der Waals surface area contributed by atoms with E-state index in [1.807, 2.05) is 73.0 Å². The van der Waals surface area contributed by atoms with Crippen molar-refractivity contribution in [3.05, 3.63) is 94.0 Å². The van der Waals surface area contributed by atoms with Crippen molar-refractivity contribution >= 4 is 17.6 Å². The van der Waals surface area contributed by atoms with E-state index in [0.29, 0.717) is 12.0 Å². The first-order valence-electron chi connectivity index (χ1n) is 11.7. The molecule has 0 radical (unpaired) electrons. The Bertz CT molecular complexity index is 1610. The van der Waals surface area contributed by atoms with Crippen molar-refractivity contribution < 1.29 is 14.6 Å². The molecule has 37 heavy (non-hydrogen) atoms. The van der Waals surface area contributed by atoms with Crippen LogP contribution < -0.4 is 0 Å². The van der Waals surface area contributed by atoms with Gasteiger partial charge in [0.1, 0.15) is 29.4 Å². The van der Waals surface area contributed by atoms with Gasteiger partial charge in [-0.2, -0.15) is 15.8 Å². The monoisotopic (exact) mass is 488 g/mol. The van der Waals surface area contributed by atoms with E-state index in [0.717, 1.165) is 33.5 Å². The Balaban J connectivity index is 1.87. The van der Waals surface area contributed by atoms with Crippen LogP contribution in [-0.4, -0.2) is 21.1 Å². The van der Waals surface area contributed by atoms with Gasteiger partial charge in [0.05, 0.1) is 5.69 Å². The summed E-state index contributed by atoms with van der Waals surface area (Å²) in [5, 5.41) is 37.5. The number of hydrogen-bond acceptors (Lipinski definition) is 5. The van der Waals surface area contributed by atoms with Gasteiger partial charge in [0.25, 0.3) is 0 Å². The van der Waals surface area contributed by atoms with E-state index in [2.05, 4.69) is 17.4 Å². The molecule has 182 valence electrons. The molecule has 3 aromatic rings. The van der Waals surface area contributed by atoms with Crippen molar-refractivity contribution in [2.45, 2.75) is 39.2 Å². The molecule has 1 aliphatic heterocycles. The lowest BCUT2D eigenvalue weighted by atomic mass is 9.93. The van der Waals surface area contributed by atoms with Crippen LogP contribution in [0.2, 0.25) is 0 Å². The van der Waals surface area contributed by atoms with Gasteiger partial charge in [-0.05, 0) is 62.1 Å². The minimum Gasteiger partial charge on any atom is -0.481 e. The molecule has 3 heterocycles. The highest BCUT2D eigenvalue weighted by Crippen LogP contribution is 2.41. The second-order valence-electron chi connectivity index (χ2n) is 9.21. The van der Waals surface area contributed by atoms with Crippen LogP contribution in [0.15, 0.2) is 77.2 Å². The number of nitrogens with zero attached hydrogens (tertiary/aromatic N) is 4. The molecule has 0 fully saturated rings. The largest absolute Gasteiger partial charge is 0.481 e. The summed E-state index contributed by atoms with van der Waals surface area (Å²) in [5.41, 5.74) is 5.53. The van der Waals surface area contributed by atoms with Gasteiger partial charge in [-0.15, -0.1) is 0 Å². The number of carboxylic acid groups (broad SMARTS) is 1. The molecule has 1 N–H and O–H groups in total. The van der Waals surface area contributed by atoms with Crippen molar-refractivity contribution in [3.8, 4) is 29.3 Å². The zero-order valence-corrected chi connectivity index (χ0v) is 20.7. The lowest BCUT2D eigenvalue weighted by Gasteiger charge is -2.20. The molecule has 0 saturated heterocycles. The molecule has 4 rings (SSSR count).